The second kappa shape index (κ2) is 7.98. The predicted octanol–water partition coefficient (Wildman–Crippen LogP) is 4.15. The van der Waals surface area contributed by atoms with Crippen LogP contribution in [0.25, 0.3) is 0 Å². The average molecular weight is 409 g/mol. The lowest BCUT2D eigenvalue weighted by molar-refractivity contribution is 0.211. The van der Waals surface area contributed by atoms with Gasteiger partial charge in [-0.2, -0.15) is 0 Å². The molecule has 2 heterocycles. The van der Waals surface area contributed by atoms with E-state index in [1.807, 2.05) is 12.4 Å². The van der Waals surface area contributed by atoms with Crippen LogP contribution < -0.4 is 4.90 Å². The maximum Gasteiger partial charge on any atom is 0.225 e. The molecule has 1 aromatic heterocycles. The summed E-state index contributed by atoms with van der Waals surface area (Å²) < 4.78 is 0.910. The Hall–Kier alpha value is -2.24. The smallest absolute Gasteiger partial charge is 0.225 e. The molecular formula is C21H21BrN4. The molecule has 1 saturated heterocycles. The van der Waals surface area contributed by atoms with Gasteiger partial charge in [0.2, 0.25) is 5.95 Å². The summed E-state index contributed by atoms with van der Waals surface area (Å²) in [6, 6.07) is 21.8. The van der Waals surface area contributed by atoms with Crippen LogP contribution in [0.2, 0.25) is 0 Å². The fourth-order valence-electron chi connectivity index (χ4n) is 3.53. The van der Waals surface area contributed by atoms with Gasteiger partial charge in [0.1, 0.15) is 0 Å². The summed E-state index contributed by atoms with van der Waals surface area (Å²) in [6.45, 7) is 3.82. The van der Waals surface area contributed by atoms with Crippen LogP contribution in [0, 0.1) is 0 Å². The molecule has 0 bridgehead atoms. The Kier molecular flexibility index (Phi) is 5.27. The minimum atomic E-state index is 0.283. The summed E-state index contributed by atoms with van der Waals surface area (Å²) in [6.07, 6.45) is 3.62. The zero-order valence-corrected chi connectivity index (χ0v) is 16.1. The van der Waals surface area contributed by atoms with Gasteiger partial charge in [0, 0.05) is 38.6 Å². The predicted molar refractivity (Wildman–Crippen MR) is 108 cm³/mol. The molecule has 0 saturated carbocycles. The average Bonchev–Trinajstić information content (AvgIpc) is 2.71. The molecule has 0 atom stereocenters. The van der Waals surface area contributed by atoms with Gasteiger partial charge in [-0.05, 0) is 27.1 Å². The number of piperazine rings is 1. The van der Waals surface area contributed by atoms with Crippen LogP contribution in [-0.2, 0) is 0 Å². The summed E-state index contributed by atoms with van der Waals surface area (Å²) in [4.78, 5) is 13.7. The van der Waals surface area contributed by atoms with Crippen molar-refractivity contribution < 1.29 is 0 Å². The lowest BCUT2D eigenvalue weighted by Crippen LogP contribution is -2.48. The Balaban J connectivity index is 1.54. The summed E-state index contributed by atoms with van der Waals surface area (Å²) in [7, 11) is 0. The van der Waals surface area contributed by atoms with E-state index in [1.165, 1.54) is 11.1 Å². The number of hydrogen-bond acceptors (Lipinski definition) is 4. The van der Waals surface area contributed by atoms with Gasteiger partial charge in [-0.25, -0.2) is 9.97 Å². The van der Waals surface area contributed by atoms with Gasteiger partial charge in [-0.1, -0.05) is 60.7 Å². The van der Waals surface area contributed by atoms with Crippen LogP contribution in [0.4, 0.5) is 5.95 Å². The van der Waals surface area contributed by atoms with Crippen LogP contribution in [0.1, 0.15) is 17.2 Å². The second-order valence-electron chi connectivity index (χ2n) is 6.45. The summed E-state index contributed by atoms with van der Waals surface area (Å²) in [5.41, 5.74) is 2.68. The molecule has 132 valence electrons. The van der Waals surface area contributed by atoms with Crippen molar-refractivity contribution in [3.8, 4) is 0 Å². The van der Waals surface area contributed by atoms with Crippen molar-refractivity contribution in [2.75, 3.05) is 31.1 Å². The van der Waals surface area contributed by atoms with E-state index in [1.54, 1.807) is 0 Å². The van der Waals surface area contributed by atoms with Gasteiger partial charge in [-0.3, -0.25) is 4.90 Å². The van der Waals surface area contributed by atoms with E-state index < -0.39 is 0 Å². The SMILES string of the molecule is Brc1cnc(N2CCN(C(c3ccccc3)c3ccccc3)CC2)nc1. The molecular weight excluding hydrogens is 388 g/mol. The molecule has 0 N–H and O–H groups in total. The molecule has 4 rings (SSSR count). The minimum Gasteiger partial charge on any atom is -0.338 e. The summed E-state index contributed by atoms with van der Waals surface area (Å²) >= 11 is 3.40. The van der Waals surface area contributed by atoms with Crippen molar-refractivity contribution in [3.05, 3.63) is 88.7 Å². The molecule has 0 unspecified atom stereocenters. The first-order valence-corrected chi connectivity index (χ1v) is 9.67. The maximum absolute atomic E-state index is 4.44. The number of halogens is 1. The van der Waals surface area contributed by atoms with Crippen LogP contribution >= 0.6 is 15.9 Å². The zero-order valence-electron chi connectivity index (χ0n) is 14.5. The highest BCUT2D eigenvalue weighted by molar-refractivity contribution is 9.10. The second-order valence-corrected chi connectivity index (χ2v) is 7.36. The number of aromatic nitrogens is 2. The zero-order chi connectivity index (χ0) is 17.8. The number of benzene rings is 2. The lowest BCUT2D eigenvalue weighted by Gasteiger charge is -2.39. The molecule has 1 aliphatic heterocycles. The number of rotatable bonds is 4. The normalized spacial score (nSPS) is 15.4. The van der Waals surface area contributed by atoms with E-state index in [-0.39, 0.29) is 6.04 Å². The first kappa shape index (κ1) is 17.2. The van der Waals surface area contributed by atoms with Gasteiger partial charge in [0.15, 0.2) is 0 Å². The largest absolute Gasteiger partial charge is 0.338 e. The van der Waals surface area contributed by atoms with E-state index in [2.05, 4.69) is 96.4 Å². The van der Waals surface area contributed by atoms with Crippen molar-refractivity contribution in [1.29, 1.82) is 0 Å². The standard InChI is InChI=1S/C21H21BrN4/c22-19-15-23-21(24-16-19)26-13-11-25(12-14-26)20(17-7-3-1-4-8-17)18-9-5-2-6-10-18/h1-10,15-16,20H,11-14H2. The third-order valence-corrected chi connectivity index (χ3v) is 5.21. The van der Waals surface area contributed by atoms with Crippen molar-refractivity contribution in [2.45, 2.75) is 6.04 Å². The van der Waals surface area contributed by atoms with E-state index in [0.717, 1.165) is 36.6 Å². The molecule has 4 nitrogen and oxygen atoms in total. The van der Waals surface area contributed by atoms with Crippen LogP contribution in [0.3, 0.4) is 0 Å². The van der Waals surface area contributed by atoms with Gasteiger partial charge in [0.05, 0.1) is 10.5 Å². The first-order chi connectivity index (χ1) is 12.8. The van der Waals surface area contributed by atoms with Crippen molar-refractivity contribution >= 4 is 21.9 Å². The molecule has 0 spiro atoms. The van der Waals surface area contributed by atoms with Gasteiger partial charge in [-0.15, -0.1) is 0 Å². The molecule has 5 heteroatoms. The fourth-order valence-corrected chi connectivity index (χ4v) is 3.74. The van der Waals surface area contributed by atoms with Gasteiger partial charge < -0.3 is 4.90 Å². The van der Waals surface area contributed by atoms with Crippen LogP contribution in [0.15, 0.2) is 77.5 Å². The van der Waals surface area contributed by atoms with Crippen molar-refractivity contribution in [2.24, 2.45) is 0 Å². The Morgan fingerprint density at radius 3 is 1.73 bits per heavy atom. The van der Waals surface area contributed by atoms with E-state index >= 15 is 0 Å². The lowest BCUT2D eigenvalue weighted by atomic mass is 9.96. The Labute approximate surface area is 162 Å². The number of hydrogen-bond donors (Lipinski definition) is 0. The quantitative estimate of drug-likeness (QED) is 0.648. The molecule has 2 aromatic carbocycles. The number of anilines is 1. The monoisotopic (exact) mass is 408 g/mol. The molecule has 1 fully saturated rings. The summed E-state index contributed by atoms with van der Waals surface area (Å²) in [5, 5.41) is 0. The molecule has 26 heavy (non-hydrogen) atoms. The molecule has 0 aliphatic carbocycles. The van der Waals surface area contributed by atoms with E-state index in [9.17, 15) is 0 Å². The highest BCUT2D eigenvalue weighted by Gasteiger charge is 2.27. The Morgan fingerprint density at radius 2 is 1.23 bits per heavy atom. The molecule has 3 aromatic rings. The third kappa shape index (κ3) is 3.79. The molecule has 1 aliphatic rings. The van der Waals surface area contributed by atoms with Crippen LogP contribution in [0.5, 0.6) is 0 Å². The number of nitrogens with zero attached hydrogens (tertiary/aromatic N) is 4. The summed E-state index contributed by atoms with van der Waals surface area (Å²) in [5.74, 6) is 0.809. The van der Waals surface area contributed by atoms with E-state index in [4.69, 9.17) is 0 Å². The van der Waals surface area contributed by atoms with Gasteiger partial charge >= 0.3 is 0 Å². The van der Waals surface area contributed by atoms with Crippen molar-refractivity contribution in [1.82, 2.24) is 14.9 Å². The topological polar surface area (TPSA) is 32.3 Å². The Bertz CT molecular complexity index is 776. The Morgan fingerprint density at radius 1 is 0.731 bits per heavy atom. The van der Waals surface area contributed by atoms with Crippen LogP contribution in [-0.4, -0.2) is 41.0 Å². The minimum absolute atomic E-state index is 0.283. The third-order valence-electron chi connectivity index (χ3n) is 4.80. The van der Waals surface area contributed by atoms with E-state index in [0.29, 0.717) is 0 Å². The highest BCUT2D eigenvalue weighted by atomic mass is 79.9. The molecule has 0 amide bonds. The van der Waals surface area contributed by atoms with Gasteiger partial charge in [0.25, 0.3) is 0 Å². The fraction of sp³-hybridized carbons (Fsp3) is 0.238. The highest BCUT2D eigenvalue weighted by Crippen LogP contribution is 2.29. The first-order valence-electron chi connectivity index (χ1n) is 8.88. The molecule has 0 radical (unpaired) electrons. The maximum atomic E-state index is 4.44. The van der Waals surface area contributed by atoms with Crippen molar-refractivity contribution in [3.63, 3.8) is 0 Å².